The van der Waals surface area contributed by atoms with E-state index in [1.165, 1.54) is 5.56 Å². The minimum Gasteiger partial charge on any atom is -0.273 e. The van der Waals surface area contributed by atoms with Crippen molar-refractivity contribution in [2.75, 3.05) is 6.54 Å². The molecule has 84 valence electrons. The molecule has 0 saturated heterocycles. The second kappa shape index (κ2) is 5.45. The maximum Gasteiger partial charge on any atom is 0.243 e. The van der Waals surface area contributed by atoms with E-state index in [4.69, 9.17) is 0 Å². The summed E-state index contributed by atoms with van der Waals surface area (Å²) in [6, 6.07) is 10.3. The molecule has 0 fully saturated rings. The third-order valence-corrected chi connectivity index (χ3v) is 2.67. The fraction of sp³-hybridized carbons (Fsp3) is 0.385. The van der Waals surface area contributed by atoms with Crippen LogP contribution in [0.3, 0.4) is 0 Å². The quantitative estimate of drug-likeness (QED) is 0.759. The number of hydrogen-bond donors (Lipinski definition) is 0. The Labute approximate surface area is 95.8 Å². The van der Waals surface area contributed by atoms with Gasteiger partial charge in [-0.25, -0.2) is 5.01 Å². The van der Waals surface area contributed by atoms with Gasteiger partial charge < -0.3 is 0 Å². The van der Waals surface area contributed by atoms with E-state index in [0.717, 1.165) is 25.8 Å². The lowest BCUT2D eigenvalue weighted by Gasteiger charge is -2.19. The van der Waals surface area contributed by atoms with Crippen molar-refractivity contribution in [3.8, 4) is 0 Å². The van der Waals surface area contributed by atoms with E-state index < -0.39 is 0 Å². The van der Waals surface area contributed by atoms with Gasteiger partial charge in [0.05, 0.1) is 0 Å². The first kappa shape index (κ1) is 10.9. The van der Waals surface area contributed by atoms with Crippen LogP contribution in [0.15, 0.2) is 35.4 Å². The molecule has 1 aromatic carbocycles. The number of benzene rings is 1. The summed E-state index contributed by atoms with van der Waals surface area (Å²) in [5.41, 5.74) is 1.32. The molecule has 2 rings (SSSR count). The Morgan fingerprint density at radius 1 is 1.25 bits per heavy atom. The largest absolute Gasteiger partial charge is 0.273 e. The molecule has 3 heteroatoms. The molecule has 1 aliphatic rings. The van der Waals surface area contributed by atoms with Crippen molar-refractivity contribution in [2.24, 2.45) is 5.10 Å². The predicted octanol–water partition coefficient (Wildman–Crippen LogP) is 2.23. The fourth-order valence-corrected chi connectivity index (χ4v) is 1.80. The van der Waals surface area contributed by atoms with Crippen LogP contribution in [-0.2, 0) is 11.2 Å². The number of aryl methyl sites for hydroxylation is 1. The molecule has 0 radical (unpaired) electrons. The van der Waals surface area contributed by atoms with Gasteiger partial charge in [-0.05, 0) is 24.8 Å². The van der Waals surface area contributed by atoms with Crippen molar-refractivity contribution >= 4 is 12.1 Å². The van der Waals surface area contributed by atoms with E-state index in [-0.39, 0.29) is 5.91 Å². The molecule has 3 nitrogen and oxygen atoms in total. The van der Waals surface area contributed by atoms with Crippen LogP contribution in [-0.4, -0.2) is 23.7 Å². The highest BCUT2D eigenvalue weighted by atomic mass is 16.2. The Bertz CT molecular complexity index is 373. The first-order valence-electron chi connectivity index (χ1n) is 5.73. The standard InChI is InChI=1S/C13H16N2O/c16-13-9-4-10-14-15(13)11-5-8-12-6-2-1-3-7-12/h1-3,6-7,10H,4-5,8-9,11H2. The van der Waals surface area contributed by atoms with Gasteiger partial charge in [-0.3, -0.25) is 4.79 Å². The molecule has 0 aliphatic carbocycles. The van der Waals surface area contributed by atoms with Crippen molar-refractivity contribution in [1.82, 2.24) is 5.01 Å². The number of carbonyl (C=O) groups is 1. The normalized spacial score (nSPS) is 15.5. The molecule has 0 atom stereocenters. The van der Waals surface area contributed by atoms with Gasteiger partial charge >= 0.3 is 0 Å². The monoisotopic (exact) mass is 216 g/mol. The fourth-order valence-electron chi connectivity index (χ4n) is 1.80. The summed E-state index contributed by atoms with van der Waals surface area (Å²) in [5.74, 6) is 0.149. The number of amides is 1. The van der Waals surface area contributed by atoms with Crippen molar-refractivity contribution < 1.29 is 4.79 Å². The summed E-state index contributed by atoms with van der Waals surface area (Å²) in [4.78, 5) is 11.4. The van der Waals surface area contributed by atoms with Crippen LogP contribution >= 0.6 is 0 Å². The van der Waals surface area contributed by atoms with Gasteiger partial charge in [-0.1, -0.05) is 30.3 Å². The highest BCUT2D eigenvalue weighted by Gasteiger charge is 2.14. The van der Waals surface area contributed by atoms with Gasteiger partial charge in [-0.15, -0.1) is 0 Å². The van der Waals surface area contributed by atoms with E-state index in [1.54, 1.807) is 5.01 Å². The topological polar surface area (TPSA) is 32.7 Å². The molecule has 16 heavy (non-hydrogen) atoms. The molecule has 1 aliphatic heterocycles. The van der Waals surface area contributed by atoms with Crippen LogP contribution < -0.4 is 0 Å². The summed E-state index contributed by atoms with van der Waals surface area (Å²) in [5, 5.41) is 5.69. The molecule has 0 saturated carbocycles. The molecule has 0 aromatic heterocycles. The number of nitrogens with zero attached hydrogens (tertiary/aromatic N) is 2. The predicted molar refractivity (Wildman–Crippen MR) is 64.2 cm³/mol. The van der Waals surface area contributed by atoms with Crippen LogP contribution in [0, 0.1) is 0 Å². The van der Waals surface area contributed by atoms with Crippen molar-refractivity contribution in [3.63, 3.8) is 0 Å². The summed E-state index contributed by atoms with van der Waals surface area (Å²) < 4.78 is 0. The van der Waals surface area contributed by atoms with E-state index in [9.17, 15) is 4.79 Å². The molecular formula is C13H16N2O. The van der Waals surface area contributed by atoms with Gasteiger partial charge in [0.25, 0.3) is 0 Å². The lowest BCUT2D eigenvalue weighted by Crippen LogP contribution is -2.29. The van der Waals surface area contributed by atoms with Crippen LogP contribution in [0.5, 0.6) is 0 Å². The average Bonchev–Trinajstić information content (AvgIpc) is 2.33. The summed E-state index contributed by atoms with van der Waals surface area (Å²) in [7, 11) is 0. The molecule has 1 amide bonds. The zero-order valence-corrected chi connectivity index (χ0v) is 9.30. The van der Waals surface area contributed by atoms with Crippen LogP contribution in [0.25, 0.3) is 0 Å². The Morgan fingerprint density at radius 2 is 2.06 bits per heavy atom. The number of rotatable bonds is 4. The lowest BCUT2D eigenvalue weighted by atomic mass is 10.1. The Morgan fingerprint density at radius 3 is 2.81 bits per heavy atom. The third-order valence-electron chi connectivity index (χ3n) is 2.67. The zero-order valence-electron chi connectivity index (χ0n) is 9.30. The minimum atomic E-state index is 0.149. The Kier molecular flexibility index (Phi) is 3.70. The Hall–Kier alpha value is -1.64. The van der Waals surface area contributed by atoms with Crippen molar-refractivity contribution in [2.45, 2.75) is 25.7 Å². The van der Waals surface area contributed by atoms with Gasteiger partial charge in [-0.2, -0.15) is 5.10 Å². The van der Waals surface area contributed by atoms with Gasteiger partial charge in [0.2, 0.25) is 5.91 Å². The first-order valence-corrected chi connectivity index (χ1v) is 5.73. The van der Waals surface area contributed by atoms with E-state index >= 15 is 0 Å². The smallest absolute Gasteiger partial charge is 0.243 e. The number of hydrazone groups is 1. The Balaban J connectivity index is 1.78. The zero-order chi connectivity index (χ0) is 11.2. The summed E-state index contributed by atoms with van der Waals surface area (Å²) >= 11 is 0. The van der Waals surface area contributed by atoms with Crippen molar-refractivity contribution in [3.05, 3.63) is 35.9 Å². The van der Waals surface area contributed by atoms with Crippen LogP contribution in [0.1, 0.15) is 24.8 Å². The van der Waals surface area contributed by atoms with Gasteiger partial charge in [0.1, 0.15) is 0 Å². The van der Waals surface area contributed by atoms with Crippen LogP contribution in [0.4, 0.5) is 0 Å². The van der Waals surface area contributed by atoms with Gasteiger partial charge in [0, 0.05) is 19.2 Å². The molecule has 0 N–H and O–H groups in total. The highest BCUT2D eigenvalue weighted by Crippen LogP contribution is 2.07. The lowest BCUT2D eigenvalue weighted by molar-refractivity contribution is -0.131. The maximum atomic E-state index is 11.4. The molecule has 0 unspecified atom stereocenters. The average molecular weight is 216 g/mol. The SMILES string of the molecule is O=C1CCC=NN1CCCc1ccccc1. The third kappa shape index (κ3) is 2.92. The molecular weight excluding hydrogens is 200 g/mol. The molecule has 0 bridgehead atoms. The van der Waals surface area contributed by atoms with E-state index in [1.807, 2.05) is 24.4 Å². The summed E-state index contributed by atoms with van der Waals surface area (Å²) in [6.45, 7) is 0.726. The highest BCUT2D eigenvalue weighted by molar-refractivity contribution is 5.82. The minimum absolute atomic E-state index is 0.149. The number of carbonyl (C=O) groups excluding carboxylic acids is 1. The summed E-state index contributed by atoms with van der Waals surface area (Å²) in [6.07, 6.45) is 5.18. The molecule has 0 spiro atoms. The first-order chi connectivity index (χ1) is 7.86. The molecule has 1 aromatic rings. The van der Waals surface area contributed by atoms with Gasteiger partial charge in [0.15, 0.2) is 0 Å². The maximum absolute atomic E-state index is 11.4. The van der Waals surface area contributed by atoms with Crippen molar-refractivity contribution in [1.29, 1.82) is 0 Å². The van der Waals surface area contributed by atoms with E-state index in [0.29, 0.717) is 6.42 Å². The van der Waals surface area contributed by atoms with Crippen LogP contribution in [0.2, 0.25) is 0 Å². The second-order valence-electron chi connectivity index (χ2n) is 3.94. The van der Waals surface area contributed by atoms with E-state index in [2.05, 4.69) is 17.2 Å². The molecule has 1 heterocycles. The number of hydrogen-bond acceptors (Lipinski definition) is 2. The second-order valence-corrected chi connectivity index (χ2v) is 3.94.